The van der Waals surface area contributed by atoms with Gasteiger partial charge < -0.3 is 19.0 Å². The van der Waals surface area contributed by atoms with E-state index >= 15 is 0 Å². The lowest BCUT2D eigenvalue weighted by atomic mass is 10.0. The second kappa shape index (κ2) is 8.54. The number of nitrogens with zero attached hydrogens (tertiary/aromatic N) is 2. The van der Waals surface area contributed by atoms with E-state index in [0.29, 0.717) is 24.6 Å². The van der Waals surface area contributed by atoms with Gasteiger partial charge in [-0.1, -0.05) is 24.3 Å². The van der Waals surface area contributed by atoms with Crippen LogP contribution in [-0.2, 0) is 6.42 Å². The van der Waals surface area contributed by atoms with Crippen molar-refractivity contribution in [1.82, 2.24) is 14.9 Å². The number of fused-ring (bicyclic) bond motifs is 1. The molecule has 6 nitrogen and oxygen atoms in total. The van der Waals surface area contributed by atoms with Gasteiger partial charge in [-0.3, -0.25) is 4.79 Å². The number of aryl methyl sites for hydroxylation is 1. The molecule has 1 amide bonds. The lowest BCUT2D eigenvalue weighted by Gasteiger charge is -2.33. The second-order valence-corrected chi connectivity index (χ2v) is 8.42. The van der Waals surface area contributed by atoms with Crippen molar-refractivity contribution in [2.75, 3.05) is 13.7 Å². The standard InChI is InChI=1S/C26H27N3O3/c1-17-7-5-10-22-21(17)15-23(28-22)26(30)29-12-4-3-11-24(29)25-27-16-20(32-25)14-18-8-6-9-19(13-18)31-2/h5-10,13,15-16,24,28H,3-4,11-12,14H2,1-2H3/t24-/m0/s1. The van der Waals surface area contributed by atoms with Crippen LogP contribution in [-0.4, -0.2) is 34.4 Å². The number of piperidine rings is 1. The average molecular weight is 430 g/mol. The summed E-state index contributed by atoms with van der Waals surface area (Å²) in [5.41, 5.74) is 3.85. The fourth-order valence-electron chi connectivity index (χ4n) is 4.55. The molecule has 32 heavy (non-hydrogen) atoms. The van der Waals surface area contributed by atoms with Gasteiger partial charge in [0.25, 0.3) is 5.91 Å². The molecule has 6 heteroatoms. The van der Waals surface area contributed by atoms with Gasteiger partial charge in [0.2, 0.25) is 5.89 Å². The first kappa shape index (κ1) is 20.4. The van der Waals surface area contributed by atoms with E-state index in [2.05, 4.69) is 23.0 Å². The normalized spacial score (nSPS) is 16.4. The minimum Gasteiger partial charge on any atom is -0.497 e. The Morgan fingerprint density at radius 1 is 1.22 bits per heavy atom. The summed E-state index contributed by atoms with van der Waals surface area (Å²) < 4.78 is 11.5. The van der Waals surface area contributed by atoms with Gasteiger partial charge in [-0.05, 0) is 61.6 Å². The monoisotopic (exact) mass is 429 g/mol. The number of nitrogens with one attached hydrogen (secondary N) is 1. The Morgan fingerprint density at radius 2 is 2.09 bits per heavy atom. The van der Waals surface area contributed by atoms with Crippen LogP contribution in [0.2, 0.25) is 0 Å². The third-order valence-electron chi connectivity index (χ3n) is 6.25. The van der Waals surface area contributed by atoms with Gasteiger partial charge in [0.1, 0.15) is 23.2 Å². The zero-order valence-corrected chi connectivity index (χ0v) is 18.4. The first-order valence-electron chi connectivity index (χ1n) is 11.1. The zero-order chi connectivity index (χ0) is 22.1. The predicted octanol–water partition coefficient (Wildman–Crippen LogP) is 5.43. The molecule has 1 atom stereocenters. The van der Waals surface area contributed by atoms with Crippen LogP contribution in [0.5, 0.6) is 5.75 Å². The maximum Gasteiger partial charge on any atom is 0.270 e. The highest BCUT2D eigenvalue weighted by molar-refractivity contribution is 5.99. The van der Waals surface area contributed by atoms with Crippen molar-refractivity contribution in [2.45, 2.75) is 38.6 Å². The molecule has 0 spiro atoms. The molecule has 0 unspecified atom stereocenters. The molecule has 1 N–H and O–H groups in total. The molecular weight excluding hydrogens is 402 g/mol. The van der Waals surface area contributed by atoms with E-state index < -0.39 is 0 Å². The minimum absolute atomic E-state index is 0.00199. The van der Waals surface area contributed by atoms with Crippen molar-refractivity contribution in [1.29, 1.82) is 0 Å². The van der Waals surface area contributed by atoms with Gasteiger partial charge in [0.05, 0.1) is 13.3 Å². The molecule has 1 fully saturated rings. The Morgan fingerprint density at radius 3 is 2.94 bits per heavy atom. The lowest BCUT2D eigenvalue weighted by Crippen LogP contribution is -2.38. The third kappa shape index (κ3) is 3.88. The smallest absolute Gasteiger partial charge is 0.270 e. The summed E-state index contributed by atoms with van der Waals surface area (Å²) in [5, 5.41) is 1.08. The van der Waals surface area contributed by atoms with Crippen molar-refractivity contribution in [3.8, 4) is 5.75 Å². The summed E-state index contributed by atoms with van der Waals surface area (Å²) >= 11 is 0. The van der Waals surface area contributed by atoms with E-state index in [1.807, 2.05) is 47.4 Å². The molecule has 2 aromatic carbocycles. The third-order valence-corrected chi connectivity index (χ3v) is 6.25. The number of ether oxygens (including phenoxy) is 1. The Bertz CT molecular complexity index is 1260. The van der Waals surface area contributed by atoms with Gasteiger partial charge in [0, 0.05) is 23.9 Å². The summed E-state index contributed by atoms with van der Waals surface area (Å²) in [4.78, 5) is 23.2. The molecule has 2 aromatic heterocycles. The van der Waals surface area contributed by atoms with Crippen LogP contribution in [0, 0.1) is 6.92 Å². The Hall–Kier alpha value is -3.54. The SMILES string of the molecule is COc1cccc(Cc2cnc([C@@H]3CCCCN3C(=O)c3cc4c(C)cccc4[nH]3)o2)c1. The van der Waals surface area contributed by atoms with Gasteiger partial charge in [0.15, 0.2) is 0 Å². The maximum atomic E-state index is 13.4. The van der Waals surface area contributed by atoms with E-state index in [0.717, 1.165) is 52.8 Å². The van der Waals surface area contributed by atoms with Crippen LogP contribution in [0.25, 0.3) is 10.9 Å². The highest BCUT2D eigenvalue weighted by Crippen LogP contribution is 2.33. The van der Waals surface area contributed by atoms with Crippen LogP contribution >= 0.6 is 0 Å². The Balaban J connectivity index is 1.38. The fraction of sp³-hybridized carbons (Fsp3) is 0.308. The highest BCUT2D eigenvalue weighted by Gasteiger charge is 2.32. The molecule has 1 aliphatic rings. The molecule has 3 heterocycles. The van der Waals surface area contributed by atoms with Crippen molar-refractivity contribution < 1.29 is 13.9 Å². The molecule has 0 saturated carbocycles. The van der Waals surface area contributed by atoms with Crippen LogP contribution in [0.1, 0.15) is 58.6 Å². The summed E-state index contributed by atoms with van der Waals surface area (Å²) in [6.45, 7) is 2.76. The number of rotatable bonds is 5. The van der Waals surface area contributed by atoms with Gasteiger partial charge in [-0.2, -0.15) is 0 Å². The van der Waals surface area contributed by atoms with Crippen LogP contribution < -0.4 is 4.74 Å². The van der Waals surface area contributed by atoms with E-state index in [9.17, 15) is 4.79 Å². The van der Waals surface area contributed by atoms with Crippen LogP contribution in [0.15, 0.2) is 59.1 Å². The average Bonchev–Trinajstić information content (AvgIpc) is 3.47. The minimum atomic E-state index is -0.150. The van der Waals surface area contributed by atoms with E-state index in [-0.39, 0.29) is 11.9 Å². The summed E-state index contributed by atoms with van der Waals surface area (Å²) in [6, 6.07) is 15.8. The largest absolute Gasteiger partial charge is 0.497 e. The Labute approximate surface area is 187 Å². The summed E-state index contributed by atoms with van der Waals surface area (Å²) in [5.74, 6) is 2.22. The quantitative estimate of drug-likeness (QED) is 0.459. The van der Waals surface area contributed by atoms with Crippen molar-refractivity contribution >= 4 is 16.8 Å². The summed E-state index contributed by atoms with van der Waals surface area (Å²) in [7, 11) is 1.66. The van der Waals surface area contributed by atoms with E-state index in [1.165, 1.54) is 0 Å². The van der Waals surface area contributed by atoms with Crippen molar-refractivity contribution in [3.05, 3.63) is 83.2 Å². The van der Waals surface area contributed by atoms with Gasteiger partial charge in [-0.25, -0.2) is 4.98 Å². The van der Waals surface area contributed by atoms with Crippen LogP contribution in [0.3, 0.4) is 0 Å². The van der Waals surface area contributed by atoms with Gasteiger partial charge in [-0.15, -0.1) is 0 Å². The first-order chi connectivity index (χ1) is 15.6. The number of carbonyl (C=O) groups excluding carboxylic acids is 1. The molecule has 5 rings (SSSR count). The van der Waals surface area contributed by atoms with Crippen LogP contribution in [0.4, 0.5) is 0 Å². The highest BCUT2D eigenvalue weighted by atomic mass is 16.5. The molecule has 1 saturated heterocycles. The summed E-state index contributed by atoms with van der Waals surface area (Å²) in [6.07, 6.45) is 5.29. The number of likely N-dealkylation sites (tertiary alicyclic amines) is 1. The molecule has 0 radical (unpaired) electrons. The molecule has 4 aromatic rings. The number of methoxy groups -OCH3 is 1. The van der Waals surface area contributed by atoms with E-state index in [1.54, 1.807) is 13.3 Å². The van der Waals surface area contributed by atoms with Gasteiger partial charge >= 0.3 is 0 Å². The number of carbonyl (C=O) groups is 1. The van der Waals surface area contributed by atoms with Crippen molar-refractivity contribution in [3.63, 3.8) is 0 Å². The fourth-order valence-corrected chi connectivity index (χ4v) is 4.55. The number of oxazole rings is 1. The first-order valence-corrected chi connectivity index (χ1v) is 11.1. The molecular formula is C26H27N3O3. The number of hydrogen-bond donors (Lipinski definition) is 1. The maximum absolute atomic E-state index is 13.4. The van der Waals surface area contributed by atoms with Crippen molar-refractivity contribution in [2.24, 2.45) is 0 Å². The number of H-pyrrole nitrogens is 1. The topological polar surface area (TPSA) is 71.4 Å². The molecule has 0 bridgehead atoms. The number of amides is 1. The predicted molar refractivity (Wildman–Crippen MR) is 123 cm³/mol. The number of hydrogen-bond acceptors (Lipinski definition) is 4. The number of benzene rings is 2. The Kier molecular flexibility index (Phi) is 5.43. The zero-order valence-electron chi connectivity index (χ0n) is 18.4. The van der Waals surface area contributed by atoms with E-state index in [4.69, 9.17) is 9.15 Å². The number of aromatic nitrogens is 2. The molecule has 1 aliphatic heterocycles. The molecule has 0 aliphatic carbocycles. The second-order valence-electron chi connectivity index (χ2n) is 8.42. The molecule has 164 valence electrons. The number of aromatic amines is 1. The lowest BCUT2D eigenvalue weighted by molar-refractivity contribution is 0.0565.